The fourth-order valence-corrected chi connectivity index (χ4v) is 3.59. The summed E-state index contributed by atoms with van der Waals surface area (Å²) in [5.74, 6) is 1.02. The summed E-state index contributed by atoms with van der Waals surface area (Å²) >= 11 is 0. The monoisotopic (exact) mass is 414 g/mol. The molecule has 1 amide bonds. The van der Waals surface area contributed by atoms with Gasteiger partial charge in [-0.1, -0.05) is 30.3 Å². The lowest BCUT2D eigenvalue weighted by molar-refractivity contribution is 0.0984. The molecule has 0 aliphatic heterocycles. The van der Waals surface area contributed by atoms with Crippen molar-refractivity contribution in [2.75, 3.05) is 19.1 Å². The minimum atomic E-state index is -0.217. The molecular formula is C25H22N2O4. The summed E-state index contributed by atoms with van der Waals surface area (Å²) in [5, 5.41) is 0.879. The number of hydrogen-bond acceptors (Lipinski definition) is 4. The van der Waals surface area contributed by atoms with E-state index >= 15 is 0 Å². The Morgan fingerprint density at radius 3 is 2.35 bits per heavy atom. The van der Waals surface area contributed by atoms with Gasteiger partial charge in [-0.2, -0.15) is 0 Å². The first-order chi connectivity index (χ1) is 15.1. The van der Waals surface area contributed by atoms with E-state index in [9.17, 15) is 9.59 Å². The second-order valence-corrected chi connectivity index (χ2v) is 7.00. The van der Waals surface area contributed by atoms with Crippen molar-refractivity contribution in [1.29, 1.82) is 0 Å². The maximum atomic E-state index is 13.6. The molecule has 31 heavy (non-hydrogen) atoms. The Kier molecular flexibility index (Phi) is 5.71. The highest BCUT2D eigenvalue weighted by atomic mass is 16.5. The normalized spacial score (nSPS) is 10.6. The lowest BCUT2D eigenvalue weighted by atomic mass is 10.1. The SMILES string of the molecule is COc1ccc(C(=O)N(Cc2cc(=O)[nH]c3ccccc23)c2ccccc2OC)cc1. The van der Waals surface area contributed by atoms with Gasteiger partial charge < -0.3 is 19.4 Å². The van der Waals surface area contributed by atoms with Gasteiger partial charge >= 0.3 is 0 Å². The molecule has 0 spiro atoms. The van der Waals surface area contributed by atoms with Crippen LogP contribution in [-0.4, -0.2) is 25.1 Å². The van der Waals surface area contributed by atoms with Gasteiger partial charge in [0.25, 0.3) is 5.91 Å². The number of nitrogens with zero attached hydrogens (tertiary/aromatic N) is 1. The zero-order valence-electron chi connectivity index (χ0n) is 17.3. The van der Waals surface area contributed by atoms with Crippen LogP contribution >= 0.6 is 0 Å². The first-order valence-electron chi connectivity index (χ1n) is 9.80. The van der Waals surface area contributed by atoms with Gasteiger partial charge in [0, 0.05) is 22.5 Å². The Balaban J connectivity index is 1.83. The molecule has 1 heterocycles. The number of ether oxygens (including phenoxy) is 2. The van der Waals surface area contributed by atoms with Crippen molar-refractivity contribution in [3.63, 3.8) is 0 Å². The van der Waals surface area contributed by atoms with Crippen LogP contribution in [-0.2, 0) is 6.54 Å². The molecule has 3 aromatic carbocycles. The van der Waals surface area contributed by atoms with Gasteiger partial charge in [-0.05, 0) is 48.0 Å². The zero-order valence-corrected chi connectivity index (χ0v) is 17.3. The van der Waals surface area contributed by atoms with Crippen LogP contribution in [0.15, 0.2) is 83.7 Å². The minimum Gasteiger partial charge on any atom is -0.497 e. The van der Waals surface area contributed by atoms with Gasteiger partial charge in [-0.15, -0.1) is 0 Å². The first-order valence-corrected chi connectivity index (χ1v) is 9.80. The highest BCUT2D eigenvalue weighted by Crippen LogP contribution is 2.31. The Morgan fingerprint density at radius 1 is 0.903 bits per heavy atom. The average molecular weight is 414 g/mol. The van der Waals surface area contributed by atoms with Crippen molar-refractivity contribution < 1.29 is 14.3 Å². The predicted octanol–water partition coefficient (Wildman–Crippen LogP) is 4.39. The fourth-order valence-electron chi connectivity index (χ4n) is 3.59. The number of fused-ring (bicyclic) bond motifs is 1. The number of rotatable bonds is 6. The minimum absolute atomic E-state index is 0.204. The summed E-state index contributed by atoms with van der Waals surface area (Å²) in [6, 6.07) is 23.3. The third-order valence-corrected chi connectivity index (χ3v) is 5.12. The number of hydrogen-bond donors (Lipinski definition) is 1. The molecule has 6 nitrogen and oxygen atoms in total. The maximum absolute atomic E-state index is 13.6. The summed E-state index contributed by atoms with van der Waals surface area (Å²) in [6.07, 6.45) is 0. The summed E-state index contributed by atoms with van der Waals surface area (Å²) < 4.78 is 10.7. The number of pyridine rings is 1. The molecule has 0 atom stereocenters. The lowest BCUT2D eigenvalue weighted by Crippen LogP contribution is -2.31. The number of anilines is 1. The van der Waals surface area contributed by atoms with Crippen LogP contribution in [0.4, 0.5) is 5.69 Å². The van der Waals surface area contributed by atoms with Crippen LogP contribution < -0.4 is 19.9 Å². The largest absolute Gasteiger partial charge is 0.497 e. The van der Waals surface area contributed by atoms with Crippen molar-refractivity contribution in [1.82, 2.24) is 4.98 Å². The van der Waals surface area contributed by atoms with Crippen LogP contribution in [0.1, 0.15) is 15.9 Å². The van der Waals surface area contributed by atoms with E-state index in [1.807, 2.05) is 42.5 Å². The number of aromatic nitrogens is 1. The van der Waals surface area contributed by atoms with E-state index in [1.54, 1.807) is 49.5 Å². The standard InChI is InChI=1S/C25H22N2O4/c1-30-19-13-11-17(12-14-19)25(29)27(22-9-5-6-10-23(22)31-2)16-18-15-24(28)26-21-8-4-3-7-20(18)21/h3-15H,16H2,1-2H3,(H,26,28). The van der Waals surface area contributed by atoms with E-state index in [1.165, 1.54) is 6.07 Å². The summed E-state index contributed by atoms with van der Waals surface area (Å²) in [6.45, 7) is 0.204. The van der Waals surface area contributed by atoms with Crippen LogP contribution in [0.5, 0.6) is 11.5 Å². The number of H-pyrrole nitrogens is 1. The maximum Gasteiger partial charge on any atom is 0.258 e. The van der Waals surface area contributed by atoms with Crippen molar-refractivity contribution in [3.8, 4) is 11.5 Å². The van der Waals surface area contributed by atoms with Gasteiger partial charge in [0.2, 0.25) is 5.56 Å². The topological polar surface area (TPSA) is 71.6 Å². The van der Waals surface area contributed by atoms with Crippen LogP contribution in [0.2, 0.25) is 0 Å². The van der Waals surface area contributed by atoms with Crippen molar-refractivity contribution in [3.05, 3.63) is 100 Å². The number of nitrogens with one attached hydrogen (secondary N) is 1. The molecule has 0 saturated heterocycles. The second-order valence-electron chi connectivity index (χ2n) is 7.00. The molecule has 0 radical (unpaired) electrons. The van der Waals surface area contributed by atoms with E-state index in [0.717, 1.165) is 16.5 Å². The number of carbonyl (C=O) groups is 1. The fraction of sp³-hybridized carbons (Fsp3) is 0.120. The molecule has 0 saturated carbocycles. The molecule has 0 unspecified atom stereocenters. The summed E-state index contributed by atoms with van der Waals surface area (Å²) in [4.78, 5) is 30.3. The molecule has 1 aromatic heterocycles. The third-order valence-electron chi connectivity index (χ3n) is 5.12. The zero-order chi connectivity index (χ0) is 21.8. The second kappa shape index (κ2) is 8.75. The van der Waals surface area contributed by atoms with E-state index in [0.29, 0.717) is 22.7 Å². The van der Waals surface area contributed by atoms with Crippen molar-refractivity contribution >= 4 is 22.5 Å². The Bertz CT molecular complexity index is 1280. The van der Waals surface area contributed by atoms with Gasteiger partial charge in [0.15, 0.2) is 0 Å². The molecule has 4 aromatic rings. The molecule has 0 aliphatic carbocycles. The first kappa shape index (κ1) is 20.2. The average Bonchev–Trinajstić information content (AvgIpc) is 2.82. The summed E-state index contributed by atoms with van der Waals surface area (Å²) in [5.41, 5.74) is 2.37. The molecule has 0 fully saturated rings. The Labute approximate surface area is 179 Å². The number of amides is 1. The van der Waals surface area contributed by atoms with E-state index in [-0.39, 0.29) is 18.0 Å². The van der Waals surface area contributed by atoms with Gasteiger partial charge in [-0.3, -0.25) is 9.59 Å². The van der Waals surface area contributed by atoms with E-state index < -0.39 is 0 Å². The quantitative estimate of drug-likeness (QED) is 0.508. The van der Waals surface area contributed by atoms with Crippen LogP contribution in [0, 0.1) is 0 Å². The smallest absolute Gasteiger partial charge is 0.258 e. The predicted molar refractivity (Wildman–Crippen MR) is 121 cm³/mol. The Hall–Kier alpha value is -4.06. The molecule has 4 rings (SSSR count). The van der Waals surface area contributed by atoms with Crippen LogP contribution in [0.3, 0.4) is 0 Å². The summed E-state index contributed by atoms with van der Waals surface area (Å²) in [7, 11) is 3.15. The van der Waals surface area contributed by atoms with Crippen molar-refractivity contribution in [2.24, 2.45) is 0 Å². The Morgan fingerprint density at radius 2 is 1.61 bits per heavy atom. The number of para-hydroxylation sites is 3. The highest BCUT2D eigenvalue weighted by Gasteiger charge is 2.22. The van der Waals surface area contributed by atoms with Gasteiger partial charge in [0.05, 0.1) is 26.5 Å². The van der Waals surface area contributed by atoms with E-state index in [2.05, 4.69) is 4.98 Å². The van der Waals surface area contributed by atoms with Crippen LogP contribution in [0.25, 0.3) is 10.9 Å². The molecule has 0 aliphatic rings. The molecule has 6 heteroatoms. The molecule has 156 valence electrons. The number of aromatic amines is 1. The van der Waals surface area contributed by atoms with E-state index in [4.69, 9.17) is 9.47 Å². The third kappa shape index (κ3) is 4.14. The molecular weight excluding hydrogens is 392 g/mol. The number of carbonyl (C=O) groups excluding carboxylic acids is 1. The van der Waals surface area contributed by atoms with Gasteiger partial charge in [0.1, 0.15) is 11.5 Å². The van der Waals surface area contributed by atoms with Gasteiger partial charge in [-0.25, -0.2) is 0 Å². The number of benzene rings is 3. The van der Waals surface area contributed by atoms with Crippen molar-refractivity contribution in [2.45, 2.75) is 6.54 Å². The molecule has 1 N–H and O–H groups in total. The highest BCUT2D eigenvalue weighted by molar-refractivity contribution is 6.07. The lowest BCUT2D eigenvalue weighted by Gasteiger charge is -2.25. The number of methoxy groups -OCH3 is 2. The molecule has 0 bridgehead atoms.